The van der Waals surface area contributed by atoms with Gasteiger partial charge in [-0.05, 0) is 29.8 Å². The van der Waals surface area contributed by atoms with Gasteiger partial charge in [-0.2, -0.15) is 0 Å². The zero-order chi connectivity index (χ0) is 17.2. The fraction of sp³-hybridized carbons (Fsp3) is 0.333. The minimum absolute atomic E-state index is 0.00947. The van der Waals surface area contributed by atoms with Gasteiger partial charge in [0.05, 0.1) is 5.56 Å². The molecule has 0 atom stereocenters. The summed E-state index contributed by atoms with van der Waals surface area (Å²) in [4.78, 5) is 20.7. The molecule has 0 bridgehead atoms. The van der Waals surface area contributed by atoms with Gasteiger partial charge in [0, 0.05) is 38.9 Å². The van der Waals surface area contributed by atoms with Gasteiger partial charge in [-0.1, -0.05) is 6.07 Å². The summed E-state index contributed by atoms with van der Waals surface area (Å²) in [6.45, 7) is 4.20. The molecule has 0 aliphatic carbocycles. The number of nitrogen functional groups attached to an aromatic ring is 1. The van der Waals surface area contributed by atoms with Crippen molar-refractivity contribution in [1.82, 2.24) is 14.8 Å². The zero-order valence-electron chi connectivity index (χ0n) is 13.9. The molecule has 0 radical (unpaired) electrons. The number of carbonyl (C=O) groups is 1. The Bertz CT molecular complexity index is 770. The van der Waals surface area contributed by atoms with Gasteiger partial charge in [0.1, 0.15) is 5.82 Å². The van der Waals surface area contributed by atoms with Gasteiger partial charge < -0.3 is 20.1 Å². The highest BCUT2D eigenvalue weighted by Crippen LogP contribution is 2.32. The van der Waals surface area contributed by atoms with Gasteiger partial charge in [-0.15, -0.1) is 0 Å². The van der Waals surface area contributed by atoms with E-state index < -0.39 is 0 Å². The van der Waals surface area contributed by atoms with E-state index in [2.05, 4.69) is 16.0 Å². The Morgan fingerprint density at radius 3 is 2.64 bits per heavy atom. The summed E-state index contributed by atoms with van der Waals surface area (Å²) in [5.74, 6) is 2.04. The van der Waals surface area contributed by atoms with Gasteiger partial charge in [-0.25, -0.2) is 4.98 Å². The number of aromatic nitrogens is 1. The molecule has 2 N–H and O–H groups in total. The van der Waals surface area contributed by atoms with E-state index in [-0.39, 0.29) is 5.91 Å². The fourth-order valence-corrected chi connectivity index (χ4v) is 3.12. The summed E-state index contributed by atoms with van der Waals surface area (Å²) >= 11 is 0. The predicted molar refractivity (Wildman–Crippen MR) is 92.4 cm³/mol. The van der Waals surface area contributed by atoms with Crippen molar-refractivity contribution in [3.05, 3.63) is 47.7 Å². The fourth-order valence-electron chi connectivity index (χ4n) is 3.12. The summed E-state index contributed by atoms with van der Waals surface area (Å²) in [6.07, 6.45) is 1.54. The first-order valence-electron chi connectivity index (χ1n) is 8.31. The third-order valence-electron chi connectivity index (χ3n) is 4.54. The van der Waals surface area contributed by atoms with Crippen LogP contribution >= 0.6 is 0 Å². The van der Waals surface area contributed by atoms with Gasteiger partial charge >= 0.3 is 0 Å². The maximum atomic E-state index is 12.5. The number of nitrogens with zero attached hydrogens (tertiary/aromatic N) is 3. The summed E-state index contributed by atoms with van der Waals surface area (Å²) in [5, 5.41) is 0. The minimum atomic E-state index is 0.00947. The largest absolute Gasteiger partial charge is 0.454 e. The first kappa shape index (κ1) is 15.7. The minimum Gasteiger partial charge on any atom is -0.454 e. The SMILES string of the molecule is Nc1ccc(C(=O)N2CCN(Cc3ccc4c(c3)OCO4)CC2)cn1. The normalized spacial score (nSPS) is 16.9. The number of benzene rings is 1. The van der Waals surface area contributed by atoms with Crippen molar-refractivity contribution in [1.29, 1.82) is 0 Å². The highest BCUT2D eigenvalue weighted by atomic mass is 16.7. The molecule has 0 saturated carbocycles. The van der Waals surface area contributed by atoms with Crippen molar-refractivity contribution in [2.45, 2.75) is 6.54 Å². The van der Waals surface area contributed by atoms with E-state index in [1.165, 1.54) is 11.8 Å². The van der Waals surface area contributed by atoms with Gasteiger partial charge in [0.2, 0.25) is 6.79 Å². The average molecular weight is 340 g/mol. The molecule has 1 amide bonds. The van der Waals surface area contributed by atoms with Crippen LogP contribution in [0.15, 0.2) is 36.5 Å². The van der Waals surface area contributed by atoms with Crippen molar-refractivity contribution in [3.63, 3.8) is 0 Å². The Hall–Kier alpha value is -2.80. The summed E-state index contributed by atoms with van der Waals surface area (Å²) in [5.41, 5.74) is 7.34. The van der Waals surface area contributed by atoms with Crippen LogP contribution in [0.5, 0.6) is 11.5 Å². The highest BCUT2D eigenvalue weighted by molar-refractivity contribution is 5.94. The molecule has 3 heterocycles. The van der Waals surface area contributed by atoms with Crippen LogP contribution in [-0.4, -0.2) is 53.7 Å². The van der Waals surface area contributed by atoms with Gasteiger partial charge in [-0.3, -0.25) is 9.69 Å². The number of amides is 1. The maximum absolute atomic E-state index is 12.5. The van der Waals surface area contributed by atoms with Crippen LogP contribution in [-0.2, 0) is 6.54 Å². The predicted octanol–water partition coefficient (Wildman–Crippen LogP) is 1.35. The number of fused-ring (bicyclic) bond motifs is 1. The molecule has 0 spiro atoms. The van der Waals surface area contributed by atoms with Crippen LogP contribution in [0, 0.1) is 0 Å². The maximum Gasteiger partial charge on any atom is 0.255 e. The lowest BCUT2D eigenvalue weighted by atomic mass is 10.1. The van der Waals surface area contributed by atoms with E-state index in [1.807, 2.05) is 17.0 Å². The Morgan fingerprint density at radius 2 is 1.88 bits per heavy atom. The molecule has 1 saturated heterocycles. The van der Waals surface area contributed by atoms with Crippen LogP contribution in [0.4, 0.5) is 5.82 Å². The van der Waals surface area contributed by atoms with Crippen LogP contribution in [0.1, 0.15) is 15.9 Å². The summed E-state index contributed by atoms with van der Waals surface area (Å²) in [7, 11) is 0. The second kappa shape index (κ2) is 6.60. The number of carbonyl (C=O) groups excluding carboxylic acids is 1. The lowest BCUT2D eigenvalue weighted by molar-refractivity contribution is 0.0628. The van der Waals surface area contributed by atoms with E-state index >= 15 is 0 Å². The van der Waals surface area contributed by atoms with Gasteiger partial charge in [0.25, 0.3) is 5.91 Å². The smallest absolute Gasteiger partial charge is 0.255 e. The van der Waals surface area contributed by atoms with Crippen molar-refractivity contribution in [2.24, 2.45) is 0 Å². The van der Waals surface area contributed by atoms with Crippen LogP contribution in [0.2, 0.25) is 0 Å². The van der Waals surface area contributed by atoms with Crippen LogP contribution in [0.25, 0.3) is 0 Å². The average Bonchev–Trinajstić information content (AvgIpc) is 3.10. The number of pyridine rings is 1. The van der Waals surface area contributed by atoms with E-state index in [0.29, 0.717) is 31.3 Å². The molecule has 2 aromatic rings. The Labute approximate surface area is 145 Å². The van der Waals surface area contributed by atoms with E-state index in [4.69, 9.17) is 15.2 Å². The lowest BCUT2D eigenvalue weighted by Crippen LogP contribution is -2.48. The molecule has 4 rings (SSSR count). The standard InChI is InChI=1S/C18H20N4O3/c19-17-4-2-14(10-20-17)18(23)22-7-5-21(6-8-22)11-13-1-3-15-16(9-13)25-12-24-15/h1-4,9-10H,5-8,11-12H2,(H2,19,20). The van der Waals surface area contributed by atoms with E-state index in [1.54, 1.807) is 12.1 Å². The number of ether oxygens (including phenoxy) is 2. The molecule has 1 fully saturated rings. The first-order chi connectivity index (χ1) is 12.2. The van der Waals surface area contributed by atoms with Crippen molar-refractivity contribution in [2.75, 3.05) is 38.7 Å². The summed E-state index contributed by atoms with van der Waals surface area (Å²) in [6, 6.07) is 9.42. The highest BCUT2D eigenvalue weighted by Gasteiger charge is 2.23. The Balaban J connectivity index is 1.33. The van der Waals surface area contributed by atoms with E-state index in [0.717, 1.165) is 31.1 Å². The first-order valence-corrected chi connectivity index (χ1v) is 8.31. The van der Waals surface area contributed by atoms with E-state index in [9.17, 15) is 4.79 Å². The zero-order valence-corrected chi connectivity index (χ0v) is 13.9. The molecule has 25 heavy (non-hydrogen) atoms. The molecule has 1 aromatic carbocycles. The molecule has 130 valence electrons. The Kier molecular flexibility index (Phi) is 4.15. The lowest BCUT2D eigenvalue weighted by Gasteiger charge is -2.34. The molecule has 1 aromatic heterocycles. The number of hydrogen-bond donors (Lipinski definition) is 1. The number of rotatable bonds is 3. The van der Waals surface area contributed by atoms with Crippen molar-refractivity contribution < 1.29 is 14.3 Å². The van der Waals surface area contributed by atoms with Crippen molar-refractivity contribution >= 4 is 11.7 Å². The topological polar surface area (TPSA) is 80.9 Å². The number of anilines is 1. The third kappa shape index (κ3) is 3.36. The molecule has 2 aliphatic heterocycles. The second-order valence-electron chi connectivity index (χ2n) is 6.23. The van der Waals surface area contributed by atoms with Crippen molar-refractivity contribution in [3.8, 4) is 11.5 Å². The number of nitrogens with two attached hydrogens (primary N) is 1. The molecular weight excluding hydrogens is 320 g/mol. The Morgan fingerprint density at radius 1 is 1.08 bits per heavy atom. The second-order valence-corrected chi connectivity index (χ2v) is 6.23. The molecule has 0 unspecified atom stereocenters. The summed E-state index contributed by atoms with van der Waals surface area (Å²) < 4.78 is 10.8. The van der Waals surface area contributed by atoms with Crippen LogP contribution < -0.4 is 15.2 Å². The quantitative estimate of drug-likeness (QED) is 0.908. The molecular formula is C18H20N4O3. The monoisotopic (exact) mass is 340 g/mol. The third-order valence-corrected chi connectivity index (χ3v) is 4.54. The number of piperazine rings is 1. The van der Waals surface area contributed by atoms with Crippen LogP contribution in [0.3, 0.4) is 0 Å². The molecule has 7 nitrogen and oxygen atoms in total. The molecule has 7 heteroatoms. The number of hydrogen-bond acceptors (Lipinski definition) is 6. The molecule has 2 aliphatic rings. The van der Waals surface area contributed by atoms with Gasteiger partial charge in [0.15, 0.2) is 11.5 Å².